The summed E-state index contributed by atoms with van der Waals surface area (Å²) >= 11 is 3.43. The standard InChI is InChI=1S/C17H20BrN5O3/c1-10(13-4-6-14(7-5-13)26-9-15(19)24)20-21-16(25)8-23-12(3)17(18)11(2)22-23/h4-7H,8-9H2,1-3H3,(H2,19,24)(H,21,25). The minimum Gasteiger partial charge on any atom is -0.484 e. The number of carbonyl (C=O) groups excluding carboxylic acids is 2. The topological polar surface area (TPSA) is 112 Å². The lowest BCUT2D eigenvalue weighted by Crippen LogP contribution is -2.25. The maximum absolute atomic E-state index is 12.1. The number of hydrogen-bond acceptors (Lipinski definition) is 5. The fourth-order valence-electron chi connectivity index (χ4n) is 2.16. The third-order valence-corrected chi connectivity index (χ3v) is 4.74. The first-order chi connectivity index (χ1) is 12.3. The average Bonchev–Trinajstić information content (AvgIpc) is 2.85. The highest BCUT2D eigenvalue weighted by Gasteiger charge is 2.11. The molecule has 26 heavy (non-hydrogen) atoms. The van der Waals surface area contributed by atoms with E-state index in [1.807, 2.05) is 13.8 Å². The number of halogens is 1. The quantitative estimate of drug-likeness (QED) is 0.522. The van der Waals surface area contributed by atoms with Gasteiger partial charge in [-0.1, -0.05) is 0 Å². The van der Waals surface area contributed by atoms with E-state index in [-0.39, 0.29) is 19.1 Å². The number of hydrogen-bond donors (Lipinski definition) is 2. The summed E-state index contributed by atoms with van der Waals surface area (Å²) in [7, 11) is 0. The fraction of sp³-hybridized carbons (Fsp3) is 0.294. The summed E-state index contributed by atoms with van der Waals surface area (Å²) in [6.45, 7) is 5.43. The van der Waals surface area contributed by atoms with E-state index in [9.17, 15) is 9.59 Å². The second kappa shape index (κ2) is 8.61. The van der Waals surface area contributed by atoms with Crippen molar-refractivity contribution in [3.63, 3.8) is 0 Å². The Morgan fingerprint density at radius 1 is 1.31 bits per heavy atom. The number of nitrogens with two attached hydrogens (primary N) is 1. The third kappa shape index (κ3) is 5.16. The van der Waals surface area contributed by atoms with Gasteiger partial charge in [-0.15, -0.1) is 0 Å². The van der Waals surface area contributed by atoms with Crippen molar-refractivity contribution in [3.05, 3.63) is 45.7 Å². The van der Waals surface area contributed by atoms with Crippen LogP contribution in [-0.2, 0) is 16.1 Å². The van der Waals surface area contributed by atoms with Gasteiger partial charge in [0.15, 0.2) is 6.61 Å². The summed E-state index contributed by atoms with van der Waals surface area (Å²) in [5.74, 6) is -0.285. The van der Waals surface area contributed by atoms with Crippen LogP contribution >= 0.6 is 15.9 Å². The van der Waals surface area contributed by atoms with Crippen molar-refractivity contribution in [3.8, 4) is 5.75 Å². The minimum atomic E-state index is -0.538. The van der Waals surface area contributed by atoms with Gasteiger partial charge in [0.1, 0.15) is 12.3 Å². The van der Waals surface area contributed by atoms with Crippen molar-refractivity contribution in [1.29, 1.82) is 0 Å². The third-order valence-electron chi connectivity index (χ3n) is 3.59. The smallest absolute Gasteiger partial charge is 0.261 e. The van der Waals surface area contributed by atoms with Crippen LogP contribution in [-0.4, -0.2) is 33.9 Å². The summed E-state index contributed by atoms with van der Waals surface area (Å²) < 4.78 is 7.70. The number of amides is 2. The van der Waals surface area contributed by atoms with Crippen molar-refractivity contribution in [2.24, 2.45) is 10.8 Å². The Morgan fingerprint density at radius 3 is 2.50 bits per heavy atom. The van der Waals surface area contributed by atoms with E-state index in [0.717, 1.165) is 21.4 Å². The van der Waals surface area contributed by atoms with Crippen LogP contribution < -0.4 is 15.9 Å². The predicted molar refractivity (Wildman–Crippen MR) is 101 cm³/mol. The van der Waals surface area contributed by atoms with Gasteiger partial charge in [0.05, 0.1) is 21.6 Å². The van der Waals surface area contributed by atoms with E-state index in [1.54, 1.807) is 35.9 Å². The van der Waals surface area contributed by atoms with Crippen molar-refractivity contribution >= 4 is 33.5 Å². The second-order valence-electron chi connectivity index (χ2n) is 5.65. The van der Waals surface area contributed by atoms with E-state index in [0.29, 0.717) is 11.5 Å². The molecular formula is C17H20BrN5O3. The molecule has 0 aliphatic rings. The molecule has 0 saturated carbocycles. The van der Waals surface area contributed by atoms with E-state index >= 15 is 0 Å². The number of carbonyl (C=O) groups is 2. The van der Waals surface area contributed by atoms with Gasteiger partial charge in [-0.2, -0.15) is 10.2 Å². The van der Waals surface area contributed by atoms with Crippen LogP contribution in [0.25, 0.3) is 0 Å². The van der Waals surface area contributed by atoms with Gasteiger partial charge >= 0.3 is 0 Å². The Balaban J connectivity index is 1.95. The Bertz CT molecular complexity index is 843. The molecule has 1 aromatic heterocycles. The molecule has 0 atom stereocenters. The molecule has 8 nitrogen and oxygen atoms in total. The molecular weight excluding hydrogens is 402 g/mol. The first kappa shape index (κ1) is 19.6. The van der Waals surface area contributed by atoms with Crippen LogP contribution in [0.2, 0.25) is 0 Å². The molecule has 0 aliphatic carbocycles. The molecule has 3 N–H and O–H groups in total. The Hall–Kier alpha value is -2.68. The first-order valence-corrected chi connectivity index (χ1v) is 8.61. The average molecular weight is 422 g/mol. The van der Waals surface area contributed by atoms with Crippen LogP contribution in [0.5, 0.6) is 5.75 Å². The van der Waals surface area contributed by atoms with Crippen molar-refractivity contribution in [1.82, 2.24) is 15.2 Å². The molecule has 0 bridgehead atoms. The molecule has 2 amide bonds. The SMILES string of the molecule is CC(=NNC(=O)Cn1nc(C)c(Br)c1C)c1ccc(OCC(N)=O)cc1. The lowest BCUT2D eigenvalue weighted by molar-refractivity contribution is -0.122. The highest BCUT2D eigenvalue weighted by molar-refractivity contribution is 9.10. The largest absolute Gasteiger partial charge is 0.484 e. The van der Waals surface area contributed by atoms with Gasteiger partial charge in [-0.3, -0.25) is 14.3 Å². The van der Waals surface area contributed by atoms with Crippen LogP contribution in [0, 0.1) is 13.8 Å². The minimum absolute atomic E-state index is 0.0783. The maximum atomic E-state index is 12.1. The van der Waals surface area contributed by atoms with Crippen molar-refractivity contribution in [2.75, 3.05) is 6.61 Å². The van der Waals surface area contributed by atoms with Crippen LogP contribution in [0.1, 0.15) is 23.9 Å². The van der Waals surface area contributed by atoms with Gasteiger partial charge in [0.25, 0.3) is 11.8 Å². The van der Waals surface area contributed by atoms with Crippen molar-refractivity contribution < 1.29 is 14.3 Å². The van der Waals surface area contributed by atoms with Gasteiger partial charge in [0.2, 0.25) is 0 Å². The molecule has 1 aromatic carbocycles. The summed E-state index contributed by atoms with van der Waals surface area (Å²) in [5, 5.41) is 8.39. The summed E-state index contributed by atoms with van der Waals surface area (Å²) in [4.78, 5) is 22.8. The van der Waals surface area contributed by atoms with E-state index in [2.05, 4.69) is 31.6 Å². The zero-order chi connectivity index (χ0) is 19.3. The molecule has 0 spiro atoms. The Morgan fingerprint density at radius 2 is 1.96 bits per heavy atom. The number of aryl methyl sites for hydroxylation is 1. The summed E-state index contributed by atoms with van der Waals surface area (Å²) in [6.07, 6.45) is 0. The number of nitrogens with zero attached hydrogens (tertiary/aromatic N) is 3. The molecule has 9 heteroatoms. The molecule has 0 unspecified atom stereocenters. The van der Waals surface area contributed by atoms with E-state index in [1.165, 1.54) is 0 Å². The van der Waals surface area contributed by atoms with E-state index in [4.69, 9.17) is 10.5 Å². The molecule has 138 valence electrons. The first-order valence-electron chi connectivity index (χ1n) is 7.82. The second-order valence-corrected chi connectivity index (χ2v) is 6.45. The Labute approximate surface area is 159 Å². The summed E-state index contributed by atoms with van der Waals surface area (Å²) in [5.41, 5.74) is 10.7. The zero-order valence-corrected chi connectivity index (χ0v) is 16.3. The van der Waals surface area contributed by atoms with Crippen LogP contribution in [0.3, 0.4) is 0 Å². The van der Waals surface area contributed by atoms with Crippen LogP contribution in [0.4, 0.5) is 0 Å². The maximum Gasteiger partial charge on any atom is 0.261 e. The predicted octanol–water partition coefficient (Wildman–Crippen LogP) is 1.67. The molecule has 0 saturated heterocycles. The van der Waals surface area contributed by atoms with Gasteiger partial charge < -0.3 is 10.5 Å². The number of hydrazone groups is 1. The number of primary amides is 1. The van der Waals surface area contributed by atoms with Gasteiger partial charge in [-0.05, 0) is 66.5 Å². The monoisotopic (exact) mass is 421 g/mol. The van der Waals surface area contributed by atoms with E-state index < -0.39 is 5.91 Å². The molecule has 0 aliphatic heterocycles. The fourth-order valence-corrected chi connectivity index (χ4v) is 2.44. The normalized spacial score (nSPS) is 11.3. The number of rotatable bonds is 7. The number of benzene rings is 1. The van der Waals surface area contributed by atoms with Crippen molar-refractivity contribution in [2.45, 2.75) is 27.3 Å². The van der Waals surface area contributed by atoms with Gasteiger partial charge in [0, 0.05) is 0 Å². The highest BCUT2D eigenvalue weighted by Crippen LogP contribution is 2.19. The summed E-state index contributed by atoms with van der Waals surface area (Å²) in [6, 6.07) is 6.96. The highest BCUT2D eigenvalue weighted by atomic mass is 79.9. The number of ether oxygens (including phenoxy) is 1. The van der Waals surface area contributed by atoms with Crippen LogP contribution in [0.15, 0.2) is 33.8 Å². The van der Waals surface area contributed by atoms with Gasteiger partial charge in [-0.25, -0.2) is 5.43 Å². The molecule has 2 rings (SSSR count). The lowest BCUT2D eigenvalue weighted by Gasteiger charge is -2.06. The number of nitrogens with one attached hydrogen (secondary N) is 1. The molecule has 1 heterocycles. The molecule has 0 radical (unpaired) electrons. The zero-order valence-electron chi connectivity index (χ0n) is 14.7. The molecule has 0 fully saturated rings. The lowest BCUT2D eigenvalue weighted by atomic mass is 10.1. The molecule has 2 aromatic rings. The Kier molecular flexibility index (Phi) is 6.51. The number of aromatic nitrogens is 2.